The molecule has 108 heavy (non-hydrogen) atoms. The number of phenolic OH excluding ortho intramolecular Hbond substituents is 3. The number of carbonyl (C=O) groups is 11. The SMILES string of the molecule is COCCN(CC(=O)N(CCCCN)CC(=O)N(CCCCN)CC(=O)NC(Cc1ccc(O)c(O)c1)C(=O)N[C@H](CCC(=O)NCCCOCCOCCOCCCNC(=O)CCCC[C@@H]1SC[C@@H]2NC(=O)N[C@@H]21)C(N)=O)C(=O)CN(CCCCN)C(=O)CN(CCc1ccc(O)cc1)C(=O)CNCC(C)C. The van der Waals surface area contributed by atoms with Crippen molar-refractivity contribution in [1.29, 1.82) is 0 Å². The predicted molar refractivity (Wildman–Crippen MR) is 407 cm³/mol. The van der Waals surface area contributed by atoms with Crippen LogP contribution in [0.1, 0.15) is 115 Å². The van der Waals surface area contributed by atoms with Gasteiger partial charge in [-0.15, -0.1) is 0 Å². The van der Waals surface area contributed by atoms with Gasteiger partial charge in [-0.05, 0) is 145 Å². The lowest BCUT2D eigenvalue weighted by Gasteiger charge is -2.32. The Morgan fingerprint density at radius 2 is 1.07 bits per heavy atom. The average Bonchev–Trinajstić information content (AvgIpc) is 1.72. The van der Waals surface area contributed by atoms with E-state index in [2.05, 4.69) is 37.2 Å². The number of hydrogen-bond acceptors (Lipinski definition) is 23. The fourth-order valence-corrected chi connectivity index (χ4v) is 13.3. The molecule has 2 heterocycles. The number of urea groups is 1. The van der Waals surface area contributed by atoms with Gasteiger partial charge in [0.05, 0.1) is 84.4 Å². The molecular formula is C73H122N16O18S. The molecule has 18 N–H and O–H groups in total. The molecule has 0 aromatic heterocycles. The lowest BCUT2D eigenvalue weighted by molar-refractivity contribution is -0.147. The third-order valence-corrected chi connectivity index (χ3v) is 19.4. The lowest BCUT2D eigenvalue weighted by atomic mass is 10.0. The number of primary amides is 1. The second-order valence-electron chi connectivity index (χ2n) is 27.3. The number of unbranched alkanes of at least 4 members (excludes halogenated alkanes) is 4. The summed E-state index contributed by atoms with van der Waals surface area (Å²) in [6.45, 7) is 5.69. The molecule has 608 valence electrons. The van der Waals surface area contributed by atoms with Crippen LogP contribution in [-0.2, 0) is 79.7 Å². The van der Waals surface area contributed by atoms with Crippen molar-refractivity contribution >= 4 is 76.9 Å². The zero-order chi connectivity index (χ0) is 79.0. The molecule has 2 saturated heterocycles. The molecule has 4 rings (SSSR count). The molecule has 34 nitrogen and oxygen atoms in total. The van der Waals surface area contributed by atoms with Gasteiger partial charge in [0.2, 0.25) is 59.1 Å². The topological polar surface area (TPSA) is 490 Å². The highest BCUT2D eigenvalue weighted by molar-refractivity contribution is 8.00. The fourth-order valence-electron chi connectivity index (χ4n) is 11.7. The van der Waals surface area contributed by atoms with Crippen molar-refractivity contribution in [2.45, 2.75) is 146 Å². The zero-order valence-corrected chi connectivity index (χ0v) is 64.2. The third-order valence-electron chi connectivity index (χ3n) is 17.9. The summed E-state index contributed by atoms with van der Waals surface area (Å²) in [5.41, 5.74) is 24.4. The van der Waals surface area contributed by atoms with Crippen LogP contribution in [0.5, 0.6) is 17.2 Å². The summed E-state index contributed by atoms with van der Waals surface area (Å²) < 4.78 is 22.1. The van der Waals surface area contributed by atoms with Crippen LogP contribution in [0, 0.1) is 5.92 Å². The van der Waals surface area contributed by atoms with Crippen molar-refractivity contribution in [2.24, 2.45) is 28.9 Å². The lowest BCUT2D eigenvalue weighted by Crippen LogP contribution is -2.56. The zero-order valence-electron chi connectivity index (χ0n) is 63.4. The summed E-state index contributed by atoms with van der Waals surface area (Å²) in [5, 5.41) is 50.6. The Hall–Kier alpha value is -8.16. The molecule has 0 bridgehead atoms. The van der Waals surface area contributed by atoms with Crippen molar-refractivity contribution in [3.8, 4) is 17.2 Å². The number of rotatable bonds is 60. The first-order chi connectivity index (χ1) is 51.9. The molecule has 0 spiro atoms. The first-order valence-corrected chi connectivity index (χ1v) is 38.8. The van der Waals surface area contributed by atoms with Gasteiger partial charge in [0.15, 0.2) is 11.5 Å². The highest BCUT2D eigenvalue weighted by Gasteiger charge is 2.42. The number of hydrogen-bond donors (Lipinski definition) is 14. The second-order valence-corrected chi connectivity index (χ2v) is 28.5. The molecule has 12 amide bonds. The molecular weight excluding hydrogens is 1420 g/mol. The minimum Gasteiger partial charge on any atom is -0.508 e. The Bertz CT molecular complexity index is 3070. The molecule has 2 aromatic carbocycles. The van der Waals surface area contributed by atoms with Crippen LogP contribution in [0.15, 0.2) is 42.5 Å². The maximum atomic E-state index is 14.6. The summed E-state index contributed by atoms with van der Waals surface area (Å²) >= 11 is 1.87. The Labute approximate surface area is 638 Å². The van der Waals surface area contributed by atoms with E-state index in [0.29, 0.717) is 129 Å². The highest BCUT2D eigenvalue weighted by atomic mass is 32.2. The van der Waals surface area contributed by atoms with Crippen LogP contribution in [0.2, 0.25) is 0 Å². The first-order valence-electron chi connectivity index (χ1n) is 37.8. The van der Waals surface area contributed by atoms with E-state index in [1.54, 1.807) is 12.1 Å². The number of methoxy groups -OCH3 is 1. The average molecular weight is 1540 g/mol. The van der Waals surface area contributed by atoms with E-state index in [1.165, 1.54) is 61.9 Å². The minimum atomic E-state index is -1.50. The number of thioether (sulfide) groups is 1. The second kappa shape index (κ2) is 53.6. The van der Waals surface area contributed by atoms with Gasteiger partial charge in [-0.25, -0.2) is 4.79 Å². The van der Waals surface area contributed by atoms with E-state index in [4.69, 9.17) is 41.9 Å². The number of carbonyl (C=O) groups excluding carboxylic acids is 11. The van der Waals surface area contributed by atoms with Crippen molar-refractivity contribution in [1.82, 2.24) is 61.7 Å². The smallest absolute Gasteiger partial charge is 0.315 e. The summed E-state index contributed by atoms with van der Waals surface area (Å²) in [7, 11) is 1.41. The van der Waals surface area contributed by atoms with Crippen LogP contribution < -0.4 is 60.2 Å². The number of nitrogens with one attached hydrogen (secondary N) is 7. The molecule has 1 unspecified atom stereocenters. The molecule has 2 aliphatic rings. The van der Waals surface area contributed by atoms with Crippen LogP contribution in [-0.4, -0.2) is 305 Å². The van der Waals surface area contributed by atoms with Gasteiger partial charge >= 0.3 is 6.03 Å². The van der Waals surface area contributed by atoms with Crippen molar-refractivity contribution in [3.05, 3.63) is 53.6 Å². The number of aromatic hydroxyl groups is 3. The van der Waals surface area contributed by atoms with Gasteiger partial charge in [0.1, 0.15) is 17.8 Å². The summed E-state index contributed by atoms with van der Waals surface area (Å²) in [4.78, 5) is 156. The van der Waals surface area contributed by atoms with E-state index in [0.717, 1.165) is 30.6 Å². The molecule has 2 fully saturated rings. The maximum Gasteiger partial charge on any atom is 0.315 e. The quantitative estimate of drug-likeness (QED) is 0.0212. The number of benzene rings is 2. The number of nitrogens with zero attached hydrogens (tertiary/aromatic N) is 5. The molecule has 5 atom stereocenters. The molecule has 0 radical (unpaired) electrons. The number of ether oxygens (including phenoxy) is 4. The third kappa shape index (κ3) is 37.8. The van der Waals surface area contributed by atoms with E-state index in [1.807, 2.05) is 25.6 Å². The number of amides is 12. The predicted octanol–water partition coefficient (Wildman–Crippen LogP) is -1.14. The minimum absolute atomic E-state index is 0.00917. The van der Waals surface area contributed by atoms with Gasteiger partial charge < -0.3 is 119 Å². The van der Waals surface area contributed by atoms with Crippen LogP contribution in [0.25, 0.3) is 0 Å². The fraction of sp³-hybridized carbons (Fsp3) is 0.685. The van der Waals surface area contributed by atoms with Crippen molar-refractivity contribution in [3.63, 3.8) is 0 Å². The largest absolute Gasteiger partial charge is 0.508 e. The van der Waals surface area contributed by atoms with E-state index in [9.17, 15) is 68.1 Å². The van der Waals surface area contributed by atoms with E-state index >= 15 is 0 Å². The molecule has 0 aliphatic carbocycles. The van der Waals surface area contributed by atoms with Gasteiger partial charge in [-0.2, -0.15) is 11.8 Å². The summed E-state index contributed by atoms with van der Waals surface area (Å²) in [5.74, 6) is -5.76. The molecule has 2 aliphatic heterocycles. The highest BCUT2D eigenvalue weighted by Crippen LogP contribution is 2.33. The molecule has 0 saturated carbocycles. The number of phenols is 3. The van der Waals surface area contributed by atoms with E-state index in [-0.39, 0.29) is 138 Å². The maximum absolute atomic E-state index is 14.6. The molecule has 2 aromatic rings. The Balaban J connectivity index is 1.30. The van der Waals surface area contributed by atoms with Crippen LogP contribution in [0.4, 0.5) is 4.79 Å². The number of fused-ring (bicyclic) bond motifs is 1. The van der Waals surface area contributed by atoms with E-state index < -0.39 is 97.0 Å². The first kappa shape index (κ1) is 92.2. The Morgan fingerprint density at radius 1 is 0.556 bits per heavy atom. The standard InChI is InChI=1S/C73H122N16O18S/c1-52(2)44-78-45-65(96)88(33-24-53-16-19-55(90)20-17-53)49-67(98)87(32-11-8-27-76)48-69(100)89(34-37-104-3)50-68(99)86(31-10-7-26-75)47-66(97)85(30-9-6-25-74)46-64(95)81-57(42-54-18-22-59(91)60(92)43-54)72(102)82-56(71(77)101)21-23-63(94)80-29-13-36-106-39-41-107-40-38-105-35-12-28-79-62(93)15-5-4-14-61-70-58(51-108-61)83-73(103)84-70/h16-20,22,43,52,56-58,61,70,78,90-92H,4-15,21,23-42,44-51,74-76H2,1-3H3,(H2,77,101)(H,79,93)(H,80,94)(H,81,95)(H,82,102)(H2,83,84,103)/t56-,57?,58+,61+,70+/m1/s1. The molecule has 35 heteroatoms. The Morgan fingerprint density at radius 3 is 1.60 bits per heavy atom. The van der Waals surface area contributed by atoms with Crippen LogP contribution in [0.3, 0.4) is 0 Å². The van der Waals surface area contributed by atoms with Gasteiger partial charge in [0.25, 0.3) is 0 Å². The van der Waals surface area contributed by atoms with Gasteiger partial charge in [0, 0.05) is 96.4 Å². The monoisotopic (exact) mass is 1540 g/mol. The summed E-state index contributed by atoms with van der Waals surface area (Å²) in [6, 6.07) is 7.61. The van der Waals surface area contributed by atoms with Crippen molar-refractivity contribution in [2.75, 3.05) is 170 Å². The Kier molecular flexibility index (Phi) is 45.8. The van der Waals surface area contributed by atoms with Gasteiger partial charge in [-0.1, -0.05) is 38.5 Å². The summed E-state index contributed by atoms with van der Waals surface area (Å²) in [6.07, 6.45) is 6.32. The van der Waals surface area contributed by atoms with Gasteiger partial charge in [-0.3, -0.25) is 47.9 Å². The van der Waals surface area contributed by atoms with Crippen molar-refractivity contribution < 1.29 is 87.0 Å². The van der Waals surface area contributed by atoms with Crippen LogP contribution >= 0.6 is 11.8 Å². The number of nitrogens with two attached hydrogens (primary N) is 4. The normalized spacial score (nSPS) is 14.9.